The van der Waals surface area contributed by atoms with Gasteiger partial charge in [0.2, 0.25) is 5.88 Å². The quantitative estimate of drug-likeness (QED) is 0.432. The molecule has 0 aliphatic heterocycles. The van der Waals surface area contributed by atoms with E-state index in [9.17, 15) is 15.2 Å². The molecule has 31 heavy (non-hydrogen) atoms. The second-order valence-corrected chi connectivity index (χ2v) is 7.62. The highest BCUT2D eigenvalue weighted by Gasteiger charge is 2.23. The number of rotatable bonds is 7. The molecule has 7 heteroatoms. The van der Waals surface area contributed by atoms with E-state index in [4.69, 9.17) is 9.15 Å². The third kappa shape index (κ3) is 4.20. The number of pyridine rings is 1. The normalized spacial score (nSPS) is 11.6. The Bertz CT molecular complexity index is 1240. The number of nitrogens with zero attached hydrogens (tertiary/aromatic N) is 2. The molecule has 6 nitrogen and oxygen atoms in total. The van der Waals surface area contributed by atoms with Crippen LogP contribution in [0.5, 0.6) is 5.88 Å². The van der Waals surface area contributed by atoms with Crippen molar-refractivity contribution in [2.45, 2.75) is 19.4 Å². The maximum atomic E-state index is 11.9. The van der Waals surface area contributed by atoms with Crippen molar-refractivity contribution in [2.75, 3.05) is 0 Å². The van der Waals surface area contributed by atoms with Gasteiger partial charge in [-0.15, -0.1) is 11.3 Å². The largest absolute Gasteiger partial charge is 0.546 e. The number of hydrogen-bond acceptors (Lipinski definition) is 7. The van der Waals surface area contributed by atoms with Gasteiger partial charge in [-0.05, 0) is 35.2 Å². The Balaban J connectivity index is 1.88. The van der Waals surface area contributed by atoms with Crippen LogP contribution in [0, 0.1) is 11.3 Å². The minimum atomic E-state index is -1.42. The molecule has 0 radical (unpaired) electrons. The van der Waals surface area contributed by atoms with Crippen molar-refractivity contribution in [3.63, 3.8) is 0 Å². The fourth-order valence-corrected chi connectivity index (χ4v) is 3.85. The number of aliphatic carboxylic acids is 1. The minimum absolute atomic E-state index is 0.0871. The van der Waals surface area contributed by atoms with Crippen LogP contribution in [0.15, 0.2) is 70.5 Å². The molecule has 4 rings (SSSR count). The van der Waals surface area contributed by atoms with Crippen LogP contribution in [-0.2, 0) is 11.2 Å². The van der Waals surface area contributed by atoms with E-state index in [1.165, 1.54) is 11.3 Å². The van der Waals surface area contributed by atoms with Crippen LogP contribution in [0.2, 0.25) is 0 Å². The van der Waals surface area contributed by atoms with Crippen molar-refractivity contribution in [3.8, 4) is 33.8 Å². The average Bonchev–Trinajstić information content (AvgIpc) is 3.49. The lowest BCUT2D eigenvalue weighted by atomic mass is 10.1. The van der Waals surface area contributed by atoms with E-state index < -0.39 is 12.1 Å². The fourth-order valence-electron chi connectivity index (χ4n) is 3.16. The van der Waals surface area contributed by atoms with Crippen LogP contribution in [-0.4, -0.2) is 11.0 Å². The van der Waals surface area contributed by atoms with E-state index in [1.54, 1.807) is 42.5 Å². The molecule has 154 valence electrons. The Kier molecular flexibility index (Phi) is 5.83. The number of furan rings is 1. The third-order valence-corrected chi connectivity index (χ3v) is 5.59. The van der Waals surface area contributed by atoms with E-state index in [1.807, 2.05) is 30.5 Å². The van der Waals surface area contributed by atoms with Gasteiger partial charge in [0.15, 0.2) is 6.10 Å². The fraction of sp³-hybridized carbons (Fsp3) is 0.125. The molecule has 3 heterocycles. The summed E-state index contributed by atoms with van der Waals surface area (Å²) in [4.78, 5) is 17.2. The molecular formula is C24H17N2O4S-. The van der Waals surface area contributed by atoms with E-state index in [-0.39, 0.29) is 11.4 Å². The third-order valence-electron chi connectivity index (χ3n) is 4.69. The second-order valence-electron chi connectivity index (χ2n) is 6.67. The SMILES string of the molecule is CCc1ccc(-c2cc(-c3cccs3)nc(OC(C(=O)[O-])c3ccccc3)c2C#N)o1. The standard InChI is InChI=1S/C24H18N2O4S/c1-2-16-10-11-20(29-16)17-13-19(21-9-6-12-31-21)26-23(18(17)14-25)30-22(24(27)28)15-7-4-3-5-8-15/h3-13,22H,2H2,1H3,(H,27,28)/p-1. The molecule has 0 N–H and O–H groups in total. The first kappa shape index (κ1) is 20.4. The Morgan fingerprint density at radius 1 is 1.23 bits per heavy atom. The van der Waals surface area contributed by atoms with Crippen LogP contribution in [0.25, 0.3) is 21.9 Å². The van der Waals surface area contributed by atoms with Gasteiger partial charge in [-0.1, -0.05) is 43.3 Å². The van der Waals surface area contributed by atoms with Crippen molar-refractivity contribution in [1.29, 1.82) is 5.26 Å². The first-order valence-electron chi connectivity index (χ1n) is 9.61. The van der Waals surface area contributed by atoms with Crippen LogP contribution in [0.1, 0.15) is 29.9 Å². The Hall–Kier alpha value is -3.89. The van der Waals surface area contributed by atoms with Gasteiger partial charge in [0.1, 0.15) is 23.2 Å². The van der Waals surface area contributed by atoms with Crippen molar-refractivity contribution < 1.29 is 19.1 Å². The lowest BCUT2D eigenvalue weighted by Crippen LogP contribution is -2.33. The van der Waals surface area contributed by atoms with Crippen LogP contribution >= 0.6 is 11.3 Å². The lowest BCUT2D eigenvalue weighted by Gasteiger charge is -2.21. The predicted molar refractivity (Wildman–Crippen MR) is 114 cm³/mol. The summed E-state index contributed by atoms with van der Waals surface area (Å²) in [6.07, 6.45) is -0.718. The molecule has 1 unspecified atom stereocenters. The van der Waals surface area contributed by atoms with Crippen molar-refractivity contribution >= 4 is 17.3 Å². The molecule has 0 saturated heterocycles. The molecule has 0 aliphatic rings. The van der Waals surface area contributed by atoms with E-state index in [0.717, 1.165) is 10.6 Å². The summed E-state index contributed by atoms with van der Waals surface area (Å²) in [5.74, 6) is -0.252. The Morgan fingerprint density at radius 2 is 2.03 bits per heavy atom. The van der Waals surface area contributed by atoms with Gasteiger partial charge >= 0.3 is 0 Å². The lowest BCUT2D eigenvalue weighted by molar-refractivity contribution is -0.314. The summed E-state index contributed by atoms with van der Waals surface area (Å²) < 4.78 is 11.7. The minimum Gasteiger partial charge on any atom is -0.546 e. The van der Waals surface area contributed by atoms with E-state index in [2.05, 4.69) is 11.1 Å². The Morgan fingerprint density at radius 3 is 2.65 bits per heavy atom. The highest BCUT2D eigenvalue weighted by molar-refractivity contribution is 7.13. The van der Waals surface area contributed by atoms with Gasteiger partial charge in [0.25, 0.3) is 0 Å². The monoisotopic (exact) mass is 429 g/mol. The number of hydrogen-bond donors (Lipinski definition) is 0. The highest BCUT2D eigenvalue weighted by atomic mass is 32.1. The molecule has 0 aliphatic carbocycles. The highest BCUT2D eigenvalue weighted by Crippen LogP contribution is 2.37. The summed E-state index contributed by atoms with van der Waals surface area (Å²) in [6, 6.07) is 19.7. The molecule has 4 aromatic rings. The van der Waals surface area contributed by atoms with Gasteiger partial charge in [-0.25, -0.2) is 4.98 Å². The number of nitriles is 1. The maximum absolute atomic E-state index is 11.9. The molecule has 3 aromatic heterocycles. The number of carbonyl (C=O) groups excluding carboxylic acids is 1. The number of aryl methyl sites for hydroxylation is 1. The number of thiophene rings is 1. The summed E-state index contributed by atoms with van der Waals surface area (Å²) in [5.41, 5.74) is 1.53. The first-order chi connectivity index (χ1) is 15.1. The van der Waals surface area contributed by atoms with Gasteiger partial charge in [0, 0.05) is 12.0 Å². The summed E-state index contributed by atoms with van der Waals surface area (Å²) in [5, 5.41) is 23.7. The van der Waals surface area contributed by atoms with E-state index in [0.29, 0.717) is 29.0 Å². The molecule has 1 aromatic carbocycles. The average molecular weight is 429 g/mol. The van der Waals surface area contributed by atoms with Gasteiger partial charge in [-0.2, -0.15) is 5.26 Å². The predicted octanol–water partition coefficient (Wildman–Crippen LogP) is 4.37. The second kappa shape index (κ2) is 8.86. The molecule has 0 spiro atoms. The zero-order chi connectivity index (χ0) is 21.8. The summed E-state index contributed by atoms with van der Waals surface area (Å²) in [6.45, 7) is 1.97. The van der Waals surface area contributed by atoms with Crippen molar-refractivity contribution in [3.05, 3.63) is 82.9 Å². The first-order valence-corrected chi connectivity index (χ1v) is 10.5. The van der Waals surface area contributed by atoms with Gasteiger partial charge in [0.05, 0.1) is 16.5 Å². The summed E-state index contributed by atoms with van der Waals surface area (Å²) in [7, 11) is 0. The maximum Gasteiger partial charge on any atom is 0.234 e. The van der Waals surface area contributed by atoms with Crippen LogP contribution in [0.3, 0.4) is 0 Å². The zero-order valence-electron chi connectivity index (χ0n) is 16.6. The number of carboxylic acids is 1. The summed E-state index contributed by atoms with van der Waals surface area (Å²) >= 11 is 1.47. The number of carbonyl (C=O) groups is 1. The molecule has 0 amide bonds. The smallest absolute Gasteiger partial charge is 0.234 e. The van der Waals surface area contributed by atoms with Gasteiger partial charge < -0.3 is 19.1 Å². The topological polar surface area (TPSA) is 99.2 Å². The van der Waals surface area contributed by atoms with Crippen molar-refractivity contribution in [2.24, 2.45) is 0 Å². The Labute approximate surface area is 183 Å². The number of carboxylic acid groups (broad SMARTS) is 1. The number of ether oxygens (including phenoxy) is 1. The van der Waals surface area contributed by atoms with E-state index >= 15 is 0 Å². The van der Waals surface area contributed by atoms with Crippen LogP contribution in [0.4, 0.5) is 0 Å². The molecule has 0 bridgehead atoms. The van der Waals surface area contributed by atoms with Crippen LogP contribution < -0.4 is 9.84 Å². The molecular weight excluding hydrogens is 412 g/mol. The zero-order valence-corrected chi connectivity index (χ0v) is 17.4. The van der Waals surface area contributed by atoms with Gasteiger partial charge in [-0.3, -0.25) is 0 Å². The number of benzene rings is 1. The number of aromatic nitrogens is 1. The molecule has 1 atom stereocenters. The van der Waals surface area contributed by atoms with Crippen molar-refractivity contribution in [1.82, 2.24) is 4.98 Å². The molecule has 0 saturated carbocycles. The molecule has 0 fully saturated rings.